The molecule has 2 aromatic carbocycles. The minimum absolute atomic E-state index is 0.0478. The predicted octanol–water partition coefficient (Wildman–Crippen LogP) is 4.10. The normalized spacial score (nSPS) is 10.7. The minimum Gasteiger partial charge on any atom is -0.352 e. The molecule has 1 amide bonds. The van der Waals surface area contributed by atoms with E-state index in [4.69, 9.17) is 0 Å². The van der Waals surface area contributed by atoms with E-state index in [1.807, 2.05) is 22.9 Å². The third-order valence-corrected chi connectivity index (χ3v) is 5.35. The second kappa shape index (κ2) is 8.89. The first-order valence-electron chi connectivity index (χ1n) is 9.04. The van der Waals surface area contributed by atoms with Crippen molar-refractivity contribution in [1.29, 1.82) is 0 Å². The predicted molar refractivity (Wildman–Crippen MR) is 112 cm³/mol. The standard InChI is InChI=1S/C22H23N3O2S/c1-15-4-5-16(2)20(12-15)25-11-10-23-22(25)28-14-21(27)19-8-6-18(7-9-19)13-24-17(3)26/h4-12H,13-14H2,1-3H3,(H,24,26). The molecular formula is C22H23N3O2S. The summed E-state index contributed by atoms with van der Waals surface area (Å²) < 4.78 is 2.02. The van der Waals surface area contributed by atoms with Crippen molar-refractivity contribution < 1.29 is 9.59 Å². The molecule has 6 heteroatoms. The molecule has 28 heavy (non-hydrogen) atoms. The Morgan fingerprint density at radius 2 is 1.86 bits per heavy atom. The topological polar surface area (TPSA) is 64.0 Å². The van der Waals surface area contributed by atoms with E-state index in [0.29, 0.717) is 17.9 Å². The first-order valence-corrected chi connectivity index (χ1v) is 10.0. The number of rotatable bonds is 7. The number of Topliss-reactive ketones (excluding diaryl/α,β-unsaturated/α-hetero) is 1. The van der Waals surface area contributed by atoms with Crippen LogP contribution in [-0.4, -0.2) is 27.0 Å². The molecule has 5 nitrogen and oxygen atoms in total. The molecule has 0 fully saturated rings. The molecule has 0 saturated heterocycles. The van der Waals surface area contributed by atoms with E-state index in [1.165, 1.54) is 24.2 Å². The fourth-order valence-electron chi connectivity index (χ4n) is 2.81. The molecule has 0 atom stereocenters. The van der Waals surface area contributed by atoms with Crippen LogP contribution in [0, 0.1) is 13.8 Å². The third-order valence-electron chi connectivity index (χ3n) is 4.38. The van der Waals surface area contributed by atoms with E-state index in [2.05, 4.69) is 42.3 Å². The molecule has 0 aliphatic heterocycles. The fourth-order valence-corrected chi connectivity index (χ4v) is 3.67. The maximum Gasteiger partial charge on any atom is 0.217 e. The van der Waals surface area contributed by atoms with Crippen molar-refractivity contribution >= 4 is 23.5 Å². The molecule has 0 unspecified atom stereocenters. The molecule has 1 N–H and O–H groups in total. The quantitative estimate of drug-likeness (QED) is 0.485. The number of carbonyl (C=O) groups is 2. The highest BCUT2D eigenvalue weighted by Gasteiger charge is 2.12. The second-order valence-electron chi connectivity index (χ2n) is 6.69. The van der Waals surface area contributed by atoms with Crippen molar-refractivity contribution in [2.45, 2.75) is 32.5 Å². The fraction of sp³-hybridized carbons (Fsp3) is 0.227. The van der Waals surface area contributed by atoms with Crippen LogP contribution in [-0.2, 0) is 11.3 Å². The van der Waals surface area contributed by atoms with Gasteiger partial charge in [-0.05, 0) is 36.6 Å². The summed E-state index contributed by atoms with van der Waals surface area (Å²) in [5, 5.41) is 3.54. The van der Waals surface area contributed by atoms with Crippen molar-refractivity contribution in [1.82, 2.24) is 14.9 Å². The summed E-state index contributed by atoms with van der Waals surface area (Å²) in [6, 6.07) is 13.6. The van der Waals surface area contributed by atoms with Crippen molar-refractivity contribution in [3.8, 4) is 5.69 Å². The summed E-state index contributed by atoms with van der Waals surface area (Å²) in [5.74, 6) is 0.287. The van der Waals surface area contributed by atoms with Crippen LogP contribution in [0.2, 0.25) is 0 Å². The Hall–Kier alpha value is -2.86. The first kappa shape index (κ1) is 19.9. The summed E-state index contributed by atoms with van der Waals surface area (Å²) >= 11 is 1.43. The van der Waals surface area contributed by atoms with E-state index < -0.39 is 0 Å². The monoisotopic (exact) mass is 393 g/mol. The molecule has 0 aliphatic rings. The zero-order valence-electron chi connectivity index (χ0n) is 16.2. The van der Waals surface area contributed by atoms with Crippen LogP contribution >= 0.6 is 11.8 Å². The lowest BCUT2D eigenvalue weighted by Gasteiger charge is -2.11. The summed E-state index contributed by atoms with van der Waals surface area (Å²) in [6.45, 7) is 6.08. The summed E-state index contributed by atoms with van der Waals surface area (Å²) in [6.07, 6.45) is 3.68. The van der Waals surface area contributed by atoms with Crippen molar-refractivity contribution in [2.75, 3.05) is 5.75 Å². The van der Waals surface area contributed by atoms with Crippen LogP contribution in [0.5, 0.6) is 0 Å². The Morgan fingerprint density at radius 3 is 2.57 bits per heavy atom. The zero-order chi connectivity index (χ0) is 20.1. The Balaban J connectivity index is 1.66. The molecule has 0 spiro atoms. The lowest BCUT2D eigenvalue weighted by molar-refractivity contribution is -0.119. The second-order valence-corrected chi connectivity index (χ2v) is 7.63. The number of imidazole rings is 1. The first-order chi connectivity index (χ1) is 13.4. The lowest BCUT2D eigenvalue weighted by atomic mass is 10.1. The van der Waals surface area contributed by atoms with Gasteiger partial charge in [-0.15, -0.1) is 0 Å². The van der Waals surface area contributed by atoms with Crippen LogP contribution < -0.4 is 5.32 Å². The SMILES string of the molecule is CC(=O)NCc1ccc(C(=O)CSc2nccn2-c2cc(C)ccc2C)cc1. The number of hydrogen-bond donors (Lipinski definition) is 1. The average molecular weight is 394 g/mol. The number of ketones is 1. The molecular weight excluding hydrogens is 370 g/mol. The molecule has 144 valence electrons. The van der Waals surface area contributed by atoms with E-state index in [-0.39, 0.29) is 11.7 Å². The highest BCUT2D eigenvalue weighted by molar-refractivity contribution is 7.99. The van der Waals surface area contributed by atoms with Gasteiger partial charge in [0.25, 0.3) is 0 Å². The van der Waals surface area contributed by atoms with Gasteiger partial charge in [0, 0.05) is 31.4 Å². The molecule has 0 bridgehead atoms. The number of nitrogens with one attached hydrogen (secondary N) is 1. The van der Waals surface area contributed by atoms with Gasteiger partial charge in [0.15, 0.2) is 10.9 Å². The van der Waals surface area contributed by atoms with Crippen LogP contribution in [0.4, 0.5) is 0 Å². The van der Waals surface area contributed by atoms with Crippen molar-refractivity contribution in [2.24, 2.45) is 0 Å². The van der Waals surface area contributed by atoms with E-state index >= 15 is 0 Å². The minimum atomic E-state index is -0.0732. The Kier molecular flexibility index (Phi) is 6.31. The summed E-state index contributed by atoms with van der Waals surface area (Å²) in [4.78, 5) is 28.0. The van der Waals surface area contributed by atoms with Crippen LogP contribution in [0.15, 0.2) is 60.0 Å². The van der Waals surface area contributed by atoms with Crippen molar-refractivity contribution in [3.63, 3.8) is 0 Å². The summed E-state index contributed by atoms with van der Waals surface area (Å²) in [5.41, 5.74) is 5.04. The largest absolute Gasteiger partial charge is 0.352 e. The number of aromatic nitrogens is 2. The molecule has 1 heterocycles. The van der Waals surface area contributed by atoms with Crippen LogP contribution in [0.3, 0.4) is 0 Å². The van der Waals surface area contributed by atoms with Gasteiger partial charge in [-0.25, -0.2) is 4.98 Å². The van der Waals surface area contributed by atoms with E-state index in [1.54, 1.807) is 18.3 Å². The Bertz CT molecular complexity index is 993. The van der Waals surface area contributed by atoms with Crippen molar-refractivity contribution in [3.05, 3.63) is 77.1 Å². The van der Waals surface area contributed by atoms with E-state index in [9.17, 15) is 9.59 Å². The lowest BCUT2D eigenvalue weighted by Crippen LogP contribution is -2.18. The average Bonchev–Trinajstić information content (AvgIpc) is 3.15. The Morgan fingerprint density at radius 1 is 1.11 bits per heavy atom. The number of hydrogen-bond acceptors (Lipinski definition) is 4. The van der Waals surface area contributed by atoms with Gasteiger partial charge in [0.2, 0.25) is 5.91 Å². The number of nitrogens with zero attached hydrogens (tertiary/aromatic N) is 2. The molecule has 1 aromatic heterocycles. The van der Waals surface area contributed by atoms with Gasteiger partial charge >= 0.3 is 0 Å². The summed E-state index contributed by atoms with van der Waals surface area (Å²) in [7, 11) is 0. The highest BCUT2D eigenvalue weighted by Crippen LogP contribution is 2.24. The molecule has 3 aromatic rings. The molecule has 0 saturated carbocycles. The number of amides is 1. The smallest absolute Gasteiger partial charge is 0.217 e. The number of carbonyl (C=O) groups excluding carboxylic acids is 2. The Labute approximate surface area is 169 Å². The van der Waals surface area contributed by atoms with E-state index in [0.717, 1.165) is 22.0 Å². The molecule has 0 aliphatic carbocycles. The number of benzene rings is 2. The van der Waals surface area contributed by atoms with Gasteiger partial charge in [-0.1, -0.05) is 48.2 Å². The van der Waals surface area contributed by atoms with Gasteiger partial charge in [0.05, 0.1) is 11.4 Å². The van der Waals surface area contributed by atoms with Gasteiger partial charge in [0.1, 0.15) is 0 Å². The van der Waals surface area contributed by atoms with Gasteiger partial charge in [-0.2, -0.15) is 0 Å². The third kappa shape index (κ3) is 4.89. The number of thioether (sulfide) groups is 1. The van der Waals surface area contributed by atoms with Gasteiger partial charge in [-0.3, -0.25) is 14.2 Å². The zero-order valence-corrected chi connectivity index (χ0v) is 17.0. The maximum absolute atomic E-state index is 12.6. The van der Waals surface area contributed by atoms with Gasteiger partial charge < -0.3 is 5.32 Å². The number of aryl methyl sites for hydroxylation is 2. The molecule has 0 radical (unpaired) electrons. The van der Waals surface area contributed by atoms with Crippen LogP contribution in [0.1, 0.15) is 34.0 Å². The maximum atomic E-state index is 12.6. The molecule has 3 rings (SSSR count). The highest BCUT2D eigenvalue weighted by atomic mass is 32.2. The van der Waals surface area contributed by atoms with Crippen LogP contribution in [0.25, 0.3) is 5.69 Å².